The molecule has 1 atom stereocenters. The van der Waals surface area contributed by atoms with Crippen molar-refractivity contribution in [2.75, 3.05) is 5.32 Å². The molecular formula is C16H17ClFN. The summed E-state index contributed by atoms with van der Waals surface area (Å²) in [7, 11) is 0. The van der Waals surface area contributed by atoms with Gasteiger partial charge in [0.25, 0.3) is 0 Å². The Morgan fingerprint density at radius 2 is 1.89 bits per heavy atom. The van der Waals surface area contributed by atoms with Crippen LogP contribution in [0.25, 0.3) is 0 Å². The number of nitrogens with one attached hydrogen (secondary N) is 1. The average Bonchev–Trinajstić information content (AvgIpc) is 2.42. The van der Waals surface area contributed by atoms with Crippen molar-refractivity contribution in [3.8, 4) is 0 Å². The molecule has 2 aromatic rings. The maximum Gasteiger partial charge on any atom is 0.147 e. The number of benzene rings is 2. The molecule has 0 aliphatic carbocycles. The first kappa shape index (κ1) is 13.9. The molecule has 0 aromatic heterocycles. The third-order valence-electron chi connectivity index (χ3n) is 3.11. The van der Waals surface area contributed by atoms with Gasteiger partial charge in [-0.25, -0.2) is 4.39 Å². The van der Waals surface area contributed by atoms with Gasteiger partial charge in [0.2, 0.25) is 0 Å². The van der Waals surface area contributed by atoms with E-state index in [4.69, 9.17) is 11.6 Å². The number of anilines is 1. The van der Waals surface area contributed by atoms with Crippen LogP contribution >= 0.6 is 11.6 Å². The normalized spacial score (nSPS) is 12.2. The van der Waals surface area contributed by atoms with Crippen molar-refractivity contribution in [2.45, 2.75) is 25.8 Å². The van der Waals surface area contributed by atoms with Crippen LogP contribution in [0.15, 0.2) is 48.5 Å². The molecule has 0 amide bonds. The maximum absolute atomic E-state index is 13.7. The Morgan fingerprint density at radius 1 is 1.16 bits per heavy atom. The minimum atomic E-state index is -0.306. The smallest absolute Gasteiger partial charge is 0.147 e. The third kappa shape index (κ3) is 3.97. The van der Waals surface area contributed by atoms with E-state index in [0.717, 1.165) is 12.8 Å². The Balaban J connectivity index is 2.06. The monoisotopic (exact) mass is 277 g/mol. The van der Waals surface area contributed by atoms with Gasteiger partial charge < -0.3 is 5.32 Å². The van der Waals surface area contributed by atoms with E-state index in [-0.39, 0.29) is 11.9 Å². The van der Waals surface area contributed by atoms with Crippen LogP contribution in [-0.2, 0) is 6.42 Å². The lowest BCUT2D eigenvalue weighted by atomic mass is 10.0. The van der Waals surface area contributed by atoms with Gasteiger partial charge >= 0.3 is 0 Å². The highest BCUT2D eigenvalue weighted by Gasteiger charge is 2.10. The Bertz CT molecular complexity index is 528. The highest BCUT2D eigenvalue weighted by atomic mass is 35.5. The van der Waals surface area contributed by atoms with Gasteiger partial charge in [0.05, 0.1) is 5.69 Å². The van der Waals surface area contributed by atoms with Crippen molar-refractivity contribution < 1.29 is 4.39 Å². The average molecular weight is 278 g/mol. The summed E-state index contributed by atoms with van der Waals surface area (Å²) in [5.41, 5.74) is 1.75. The van der Waals surface area contributed by atoms with Gasteiger partial charge in [-0.15, -0.1) is 0 Å². The second-order valence-electron chi connectivity index (χ2n) is 4.56. The van der Waals surface area contributed by atoms with Crippen LogP contribution in [0.4, 0.5) is 10.1 Å². The zero-order valence-corrected chi connectivity index (χ0v) is 11.6. The van der Waals surface area contributed by atoms with Gasteiger partial charge in [-0.3, -0.25) is 0 Å². The highest BCUT2D eigenvalue weighted by molar-refractivity contribution is 6.30. The molecule has 0 spiro atoms. The molecule has 1 nitrogen and oxygen atoms in total. The summed E-state index contributed by atoms with van der Waals surface area (Å²) in [6.07, 6.45) is 1.80. The van der Waals surface area contributed by atoms with E-state index in [2.05, 4.69) is 24.4 Å². The zero-order chi connectivity index (χ0) is 13.7. The van der Waals surface area contributed by atoms with Crippen LogP contribution in [0.1, 0.15) is 18.9 Å². The van der Waals surface area contributed by atoms with Gasteiger partial charge in [0, 0.05) is 11.1 Å². The summed E-state index contributed by atoms with van der Waals surface area (Å²) in [6, 6.07) is 15.1. The van der Waals surface area contributed by atoms with Crippen LogP contribution in [0.2, 0.25) is 5.02 Å². The Hall–Kier alpha value is -1.54. The maximum atomic E-state index is 13.7. The second-order valence-corrected chi connectivity index (χ2v) is 5.00. The molecule has 19 heavy (non-hydrogen) atoms. The summed E-state index contributed by atoms with van der Waals surface area (Å²) in [4.78, 5) is 0. The highest BCUT2D eigenvalue weighted by Crippen LogP contribution is 2.21. The van der Waals surface area contributed by atoms with Crippen molar-refractivity contribution in [3.63, 3.8) is 0 Å². The number of rotatable bonds is 5. The minimum absolute atomic E-state index is 0.207. The molecule has 0 aliphatic heterocycles. The topological polar surface area (TPSA) is 12.0 Å². The first-order valence-corrected chi connectivity index (χ1v) is 6.82. The van der Waals surface area contributed by atoms with Gasteiger partial charge in [-0.1, -0.05) is 48.9 Å². The molecule has 1 unspecified atom stereocenters. The SMILES string of the molecule is CCC(Cc1ccccc1)Nc1ccc(Cl)cc1F. The van der Waals surface area contributed by atoms with Crippen molar-refractivity contribution >= 4 is 17.3 Å². The summed E-state index contributed by atoms with van der Waals surface area (Å²) >= 11 is 5.75. The van der Waals surface area contributed by atoms with E-state index < -0.39 is 0 Å². The number of hydrogen-bond donors (Lipinski definition) is 1. The number of hydrogen-bond acceptors (Lipinski definition) is 1. The fourth-order valence-electron chi connectivity index (χ4n) is 2.02. The molecule has 0 saturated carbocycles. The first-order chi connectivity index (χ1) is 9.19. The Kier molecular flexibility index (Phi) is 4.80. The predicted octanol–water partition coefficient (Wildman–Crippen LogP) is 4.91. The minimum Gasteiger partial charge on any atom is -0.380 e. The predicted molar refractivity (Wildman–Crippen MR) is 79.3 cm³/mol. The quantitative estimate of drug-likeness (QED) is 0.818. The van der Waals surface area contributed by atoms with E-state index in [1.807, 2.05) is 18.2 Å². The Morgan fingerprint density at radius 3 is 2.53 bits per heavy atom. The number of halogens is 2. The van der Waals surface area contributed by atoms with Crippen molar-refractivity contribution in [2.24, 2.45) is 0 Å². The van der Waals surface area contributed by atoms with Crippen molar-refractivity contribution in [3.05, 3.63) is 64.9 Å². The molecule has 2 aromatic carbocycles. The largest absolute Gasteiger partial charge is 0.380 e. The molecule has 1 N–H and O–H groups in total. The molecule has 0 radical (unpaired) electrons. The molecular weight excluding hydrogens is 261 g/mol. The summed E-state index contributed by atoms with van der Waals surface area (Å²) in [6.45, 7) is 2.09. The van der Waals surface area contributed by atoms with Gasteiger partial charge in [-0.2, -0.15) is 0 Å². The molecule has 2 rings (SSSR count). The van der Waals surface area contributed by atoms with Crippen LogP contribution in [-0.4, -0.2) is 6.04 Å². The van der Waals surface area contributed by atoms with Crippen molar-refractivity contribution in [1.82, 2.24) is 0 Å². The summed E-state index contributed by atoms with van der Waals surface area (Å²) < 4.78 is 13.7. The van der Waals surface area contributed by atoms with Crippen LogP contribution in [0, 0.1) is 5.82 Å². The van der Waals surface area contributed by atoms with Gasteiger partial charge in [-0.05, 0) is 36.6 Å². The van der Waals surface area contributed by atoms with E-state index in [1.165, 1.54) is 11.6 Å². The fraction of sp³-hybridized carbons (Fsp3) is 0.250. The lowest BCUT2D eigenvalue weighted by molar-refractivity contribution is 0.619. The molecule has 100 valence electrons. The Labute approximate surface area is 118 Å². The zero-order valence-electron chi connectivity index (χ0n) is 10.9. The van der Waals surface area contributed by atoms with E-state index >= 15 is 0 Å². The van der Waals surface area contributed by atoms with Gasteiger partial charge in [0.15, 0.2) is 0 Å². The van der Waals surface area contributed by atoms with E-state index in [1.54, 1.807) is 12.1 Å². The van der Waals surface area contributed by atoms with Crippen LogP contribution in [0.5, 0.6) is 0 Å². The van der Waals surface area contributed by atoms with Crippen LogP contribution < -0.4 is 5.32 Å². The van der Waals surface area contributed by atoms with E-state index in [9.17, 15) is 4.39 Å². The molecule has 3 heteroatoms. The van der Waals surface area contributed by atoms with Crippen molar-refractivity contribution in [1.29, 1.82) is 0 Å². The lowest BCUT2D eigenvalue weighted by Crippen LogP contribution is -2.21. The standard InChI is InChI=1S/C16H17ClFN/c1-2-14(10-12-6-4-3-5-7-12)19-16-9-8-13(17)11-15(16)18/h3-9,11,14,19H,2,10H2,1H3. The molecule has 0 saturated heterocycles. The molecule has 0 heterocycles. The van der Waals surface area contributed by atoms with Crippen LogP contribution in [0.3, 0.4) is 0 Å². The lowest BCUT2D eigenvalue weighted by Gasteiger charge is -2.19. The third-order valence-corrected chi connectivity index (χ3v) is 3.34. The van der Waals surface area contributed by atoms with E-state index in [0.29, 0.717) is 10.7 Å². The van der Waals surface area contributed by atoms with Gasteiger partial charge in [0.1, 0.15) is 5.82 Å². The fourth-order valence-corrected chi connectivity index (χ4v) is 2.18. The first-order valence-electron chi connectivity index (χ1n) is 6.44. The summed E-state index contributed by atoms with van der Waals surface area (Å²) in [5.74, 6) is -0.306. The second kappa shape index (κ2) is 6.58. The molecule has 0 aliphatic rings. The summed E-state index contributed by atoms with van der Waals surface area (Å²) in [5, 5.41) is 3.65. The molecule has 0 bridgehead atoms. The molecule has 0 fully saturated rings.